The lowest BCUT2D eigenvalue weighted by atomic mass is 9.78. The van der Waals surface area contributed by atoms with E-state index >= 15 is 0 Å². The van der Waals surface area contributed by atoms with Crippen LogP contribution < -0.4 is 0 Å². The molecule has 1 saturated heterocycles. The van der Waals surface area contributed by atoms with Crippen molar-refractivity contribution in [1.82, 2.24) is 20.0 Å². The van der Waals surface area contributed by atoms with E-state index in [-0.39, 0.29) is 11.2 Å². The number of aromatic nitrogens is 3. The molecule has 0 aromatic carbocycles. The van der Waals surface area contributed by atoms with E-state index in [0.29, 0.717) is 12.3 Å². The number of carbonyl (C=O) groups is 1. The first-order chi connectivity index (χ1) is 16.0. The van der Waals surface area contributed by atoms with Gasteiger partial charge in [-0.05, 0) is 69.1 Å². The summed E-state index contributed by atoms with van der Waals surface area (Å²) in [7, 11) is 0. The molecule has 176 valence electrons. The molecule has 0 spiro atoms. The summed E-state index contributed by atoms with van der Waals surface area (Å²) in [6.07, 6.45) is 16.1. The first-order valence-corrected chi connectivity index (χ1v) is 12.7. The van der Waals surface area contributed by atoms with Gasteiger partial charge in [-0.25, -0.2) is 9.97 Å². The monoisotopic (exact) mass is 448 g/mol. The SMILES string of the molecule is CCc1cc([C@]23C[C@H]2CN(CCC2CCC(CC(=O)/C=C/c4cnc(C)nc4)CC2)C3)no1. The summed E-state index contributed by atoms with van der Waals surface area (Å²) in [6.45, 7) is 7.55. The second kappa shape index (κ2) is 9.49. The van der Waals surface area contributed by atoms with Crippen molar-refractivity contribution in [1.29, 1.82) is 0 Å². The fourth-order valence-corrected chi connectivity index (χ4v) is 5.99. The molecule has 6 heteroatoms. The number of allylic oxidation sites excluding steroid dienone is 1. The van der Waals surface area contributed by atoms with Crippen LogP contribution in [-0.4, -0.2) is 45.4 Å². The highest BCUT2D eigenvalue weighted by Crippen LogP contribution is 2.58. The lowest BCUT2D eigenvalue weighted by Gasteiger charge is -2.29. The number of aryl methyl sites for hydroxylation is 2. The van der Waals surface area contributed by atoms with E-state index in [9.17, 15) is 4.79 Å². The summed E-state index contributed by atoms with van der Waals surface area (Å²) in [6, 6.07) is 2.19. The molecule has 5 rings (SSSR count). The summed E-state index contributed by atoms with van der Waals surface area (Å²) in [5.41, 5.74) is 2.36. The molecule has 2 aromatic rings. The van der Waals surface area contributed by atoms with Gasteiger partial charge in [0.15, 0.2) is 5.78 Å². The topological polar surface area (TPSA) is 72.1 Å². The van der Waals surface area contributed by atoms with E-state index in [0.717, 1.165) is 41.9 Å². The maximum Gasteiger partial charge on any atom is 0.155 e. The third-order valence-corrected chi connectivity index (χ3v) is 8.21. The third-order valence-electron chi connectivity index (χ3n) is 8.21. The van der Waals surface area contributed by atoms with Crippen LogP contribution in [0, 0.1) is 24.7 Å². The van der Waals surface area contributed by atoms with Gasteiger partial charge in [-0.15, -0.1) is 0 Å². The number of likely N-dealkylation sites (tertiary alicyclic amines) is 1. The van der Waals surface area contributed by atoms with Crippen molar-refractivity contribution in [3.63, 3.8) is 0 Å². The van der Waals surface area contributed by atoms with Gasteiger partial charge in [0.1, 0.15) is 11.6 Å². The highest BCUT2D eigenvalue weighted by Gasteiger charge is 2.62. The molecular weight excluding hydrogens is 412 g/mol. The Labute approximate surface area is 196 Å². The maximum atomic E-state index is 12.4. The van der Waals surface area contributed by atoms with Crippen LogP contribution in [0.2, 0.25) is 0 Å². The van der Waals surface area contributed by atoms with Crippen LogP contribution in [-0.2, 0) is 16.6 Å². The molecule has 0 amide bonds. The van der Waals surface area contributed by atoms with Gasteiger partial charge in [-0.2, -0.15) is 0 Å². The smallest absolute Gasteiger partial charge is 0.155 e. The summed E-state index contributed by atoms with van der Waals surface area (Å²) in [5, 5.41) is 4.39. The fraction of sp³-hybridized carbons (Fsp3) is 0.630. The van der Waals surface area contributed by atoms with Crippen LogP contribution in [0.5, 0.6) is 0 Å². The van der Waals surface area contributed by atoms with E-state index in [2.05, 4.69) is 33.0 Å². The number of nitrogens with zero attached hydrogens (tertiary/aromatic N) is 4. The van der Waals surface area contributed by atoms with Gasteiger partial charge in [0, 0.05) is 55.4 Å². The molecule has 0 unspecified atom stereocenters. The summed E-state index contributed by atoms with van der Waals surface area (Å²) in [4.78, 5) is 23.4. The molecule has 0 N–H and O–H groups in total. The van der Waals surface area contributed by atoms with Crippen molar-refractivity contribution in [2.24, 2.45) is 17.8 Å². The Bertz CT molecular complexity index is 990. The van der Waals surface area contributed by atoms with Crippen LogP contribution in [0.3, 0.4) is 0 Å². The van der Waals surface area contributed by atoms with E-state index < -0.39 is 0 Å². The van der Waals surface area contributed by atoms with Gasteiger partial charge in [-0.1, -0.05) is 24.9 Å². The molecular formula is C27H36N4O2. The van der Waals surface area contributed by atoms with E-state index in [1.807, 2.05) is 13.0 Å². The Morgan fingerprint density at radius 1 is 1.21 bits per heavy atom. The Morgan fingerprint density at radius 3 is 2.70 bits per heavy atom. The number of piperidine rings is 1. The normalized spacial score (nSPS) is 29.5. The number of carbonyl (C=O) groups excluding carboxylic acids is 1. The van der Waals surface area contributed by atoms with Gasteiger partial charge >= 0.3 is 0 Å². The van der Waals surface area contributed by atoms with Crippen molar-refractivity contribution < 1.29 is 9.32 Å². The van der Waals surface area contributed by atoms with Gasteiger partial charge < -0.3 is 9.42 Å². The summed E-state index contributed by atoms with van der Waals surface area (Å²) < 4.78 is 5.49. The van der Waals surface area contributed by atoms with Crippen LogP contribution in [0.1, 0.15) is 74.7 Å². The first kappa shape index (κ1) is 22.5. The van der Waals surface area contributed by atoms with E-state index in [1.54, 1.807) is 18.5 Å². The van der Waals surface area contributed by atoms with Crippen LogP contribution >= 0.6 is 0 Å². The minimum atomic E-state index is 0.222. The molecule has 2 atom stereocenters. The Hall–Kier alpha value is -2.34. The Balaban J connectivity index is 1.02. The number of rotatable bonds is 9. The molecule has 1 aliphatic heterocycles. The number of fused-ring (bicyclic) bond motifs is 1. The average Bonchev–Trinajstić information content (AvgIpc) is 3.16. The minimum Gasteiger partial charge on any atom is -0.361 e. The fourth-order valence-electron chi connectivity index (χ4n) is 5.99. The van der Waals surface area contributed by atoms with Crippen molar-refractivity contribution in [2.75, 3.05) is 19.6 Å². The average molecular weight is 449 g/mol. The van der Waals surface area contributed by atoms with Crippen molar-refractivity contribution in [2.45, 2.75) is 70.6 Å². The van der Waals surface area contributed by atoms with E-state index in [1.165, 1.54) is 57.3 Å². The van der Waals surface area contributed by atoms with Crippen molar-refractivity contribution in [3.05, 3.63) is 47.4 Å². The quantitative estimate of drug-likeness (QED) is 0.514. The van der Waals surface area contributed by atoms with Crippen LogP contribution in [0.25, 0.3) is 6.08 Å². The molecule has 3 heterocycles. The molecule has 3 aliphatic rings. The minimum absolute atomic E-state index is 0.222. The zero-order chi connectivity index (χ0) is 22.8. The Kier molecular flexibility index (Phi) is 6.46. The standard InChI is InChI=1S/C27H36N4O2/c1-3-25-13-26(30-33-25)27-14-23(27)17-31(18-27)11-10-20-4-6-21(7-5-20)12-24(32)9-8-22-15-28-19(2)29-16-22/h8-9,13,15-16,20-21,23H,3-7,10-12,14,17-18H2,1-2H3/b9-8+/t20?,21?,23-,27-/m0/s1. The zero-order valence-electron chi connectivity index (χ0n) is 20.0. The third kappa shape index (κ3) is 5.11. The van der Waals surface area contributed by atoms with Crippen molar-refractivity contribution in [3.8, 4) is 0 Å². The molecule has 0 bridgehead atoms. The van der Waals surface area contributed by atoms with Gasteiger partial charge in [0.05, 0.1) is 5.69 Å². The predicted octanol–water partition coefficient (Wildman–Crippen LogP) is 4.78. The van der Waals surface area contributed by atoms with Crippen molar-refractivity contribution >= 4 is 11.9 Å². The van der Waals surface area contributed by atoms with Gasteiger partial charge in [-0.3, -0.25) is 4.79 Å². The number of hydrogen-bond donors (Lipinski definition) is 0. The van der Waals surface area contributed by atoms with Gasteiger partial charge in [0.25, 0.3) is 0 Å². The summed E-state index contributed by atoms with van der Waals surface area (Å²) >= 11 is 0. The largest absolute Gasteiger partial charge is 0.361 e. The number of ketones is 1. The van der Waals surface area contributed by atoms with Crippen LogP contribution in [0.4, 0.5) is 0 Å². The van der Waals surface area contributed by atoms with Gasteiger partial charge in [0.2, 0.25) is 0 Å². The lowest BCUT2D eigenvalue weighted by Crippen LogP contribution is -2.29. The highest BCUT2D eigenvalue weighted by molar-refractivity contribution is 5.93. The summed E-state index contributed by atoms with van der Waals surface area (Å²) in [5.74, 6) is 4.10. The molecule has 6 nitrogen and oxygen atoms in total. The predicted molar refractivity (Wildman–Crippen MR) is 128 cm³/mol. The molecule has 2 aliphatic carbocycles. The molecule has 2 saturated carbocycles. The first-order valence-electron chi connectivity index (χ1n) is 12.7. The van der Waals surface area contributed by atoms with E-state index in [4.69, 9.17) is 4.52 Å². The molecule has 2 aromatic heterocycles. The lowest BCUT2D eigenvalue weighted by molar-refractivity contribution is -0.115. The Morgan fingerprint density at radius 2 is 1.97 bits per heavy atom. The maximum absolute atomic E-state index is 12.4. The zero-order valence-corrected chi connectivity index (χ0v) is 20.0. The second-order valence-electron chi connectivity index (χ2n) is 10.6. The van der Waals surface area contributed by atoms with Crippen LogP contribution in [0.15, 0.2) is 29.1 Å². The number of hydrogen-bond acceptors (Lipinski definition) is 6. The molecule has 0 radical (unpaired) electrons. The molecule has 33 heavy (non-hydrogen) atoms. The second-order valence-corrected chi connectivity index (χ2v) is 10.6. The molecule has 3 fully saturated rings. The highest BCUT2D eigenvalue weighted by atomic mass is 16.5.